The number of para-hydroxylation sites is 1. The lowest BCUT2D eigenvalue weighted by Gasteiger charge is -2.15. The van der Waals surface area contributed by atoms with Gasteiger partial charge in [0, 0.05) is 16.5 Å². The van der Waals surface area contributed by atoms with Gasteiger partial charge >= 0.3 is 5.97 Å². The van der Waals surface area contributed by atoms with E-state index in [1.807, 2.05) is 54.6 Å². The molecule has 33 heavy (non-hydrogen) atoms. The Hall–Kier alpha value is -4.23. The van der Waals surface area contributed by atoms with Crippen molar-refractivity contribution in [1.82, 2.24) is 10.3 Å². The van der Waals surface area contributed by atoms with Crippen molar-refractivity contribution in [2.75, 3.05) is 13.2 Å². The van der Waals surface area contributed by atoms with Crippen molar-refractivity contribution in [2.24, 2.45) is 0 Å². The fourth-order valence-corrected chi connectivity index (χ4v) is 3.57. The van der Waals surface area contributed by atoms with E-state index in [-0.39, 0.29) is 0 Å². The number of rotatable bonds is 8. The third-order valence-electron chi connectivity index (χ3n) is 5.20. The predicted molar refractivity (Wildman–Crippen MR) is 124 cm³/mol. The Bertz CT molecular complexity index is 1280. The third-order valence-corrected chi connectivity index (χ3v) is 5.20. The topological polar surface area (TPSA) is 108 Å². The number of ketones is 1. The van der Waals surface area contributed by atoms with Crippen LogP contribution in [-0.2, 0) is 9.53 Å². The van der Waals surface area contributed by atoms with Crippen LogP contribution < -0.4 is 5.32 Å². The molecule has 1 atom stereocenters. The van der Waals surface area contributed by atoms with Crippen LogP contribution in [0, 0.1) is 0 Å². The van der Waals surface area contributed by atoms with Gasteiger partial charge in [-0.05, 0) is 23.8 Å². The van der Waals surface area contributed by atoms with Crippen molar-refractivity contribution in [3.05, 3.63) is 96.1 Å². The van der Waals surface area contributed by atoms with Crippen LogP contribution in [0.25, 0.3) is 22.2 Å². The summed E-state index contributed by atoms with van der Waals surface area (Å²) < 4.78 is 5.18. The number of aliphatic hydroxyl groups is 1. The van der Waals surface area contributed by atoms with E-state index in [4.69, 9.17) is 4.74 Å². The molecular formula is C26H22N2O5. The van der Waals surface area contributed by atoms with Crippen molar-refractivity contribution in [3.8, 4) is 11.3 Å². The van der Waals surface area contributed by atoms with Crippen molar-refractivity contribution >= 4 is 28.6 Å². The predicted octanol–water partition coefficient (Wildman–Crippen LogP) is 3.35. The number of Topliss-reactive ketones (excluding diaryl/α,β-unsaturated/α-hetero) is 1. The molecule has 3 aromatic carbocycles. The second kappa shape index (κ2) is 9.93. The van der Waals surface area contributed by atoms with E-state index in [2.05, 4.69) is 10.3 Å². The van der Waals surface area contributed by atoms with Crippen LogP contribution in [0.5, 0.6) is 0 Å². The summed E-state index contributed by atoms with van der Waals surface area (Å²) >= 11 is 0. The van der Waals surface area contributed by atoms with Gasteiger partial charge < -0.3 is 20.1 Å². The number of ether oxygens (including phenoxy) is 1. The molecule has 7 nitrogen and oxygen atoms in total. The Kier molecular flexibility index (Phi) is 6.61. The van der Waals surface area contributed by atoms with Crippen LogP contribution in [0.15, 0.2) is 84.9 Å². The second-order valence-electron chi connectivity index (χ2n) is 7.39. The monoisotopic (exact) mass is 442 g/mol. The number of H-pyrrole nitrogens is 1. The molecule has 166 valence electrons. The summed E-state index contributed by atoms with van der Waals surface area (Å²) in [4.78, 5) is 41.2. The number of aliphatic hydroxyl groups excluding tert-OH is 1. The van der Waals surface area contributed by atoms with E-state index < -0.39 is 36.9 Å². The van der Waals surface area contributed by atoms with Gasteiger partial charge in [0.25, 0.3) is 5.91 Å². The quantitative estimate of drug-likeness (QED) is 0.286. The summed E-state index contributed by atoms with van der Waals surface area (Å²) in [5.74, 6) is -1.82. The molecule has 1 aromatic heterocycles. The van der Waals surface area contributed by atoms with Crippen LogP contribution in [0.3, 0.4) is 0 Å². The Morgan fingerprint density at radius 1 is 0.879 bits per heavy atom. The minimum atomic E-state index is -1.29. The van der Waals surface area contributed by atoms with E-state index in [1.165, 1.54) is 0 Å². The SMILES string of the molecule is O=C(NC(CO)C(=O)OCC(=O)c1c(-c2ccccc2)[nH]c2ccccc12)c1ccccc1. The van der Waals surface area contributed by atoms with E-state index in [0.717, 1.165) is 11.1 Å². The van der Waals surface area contributed by atoms with Gasteiger partial charge in [0.05, 0.1) is 17.9 Å². The number of benzene rings is 3. The Morgan fingerprint density at radius 3 is 2.21 bits per heavy atom. The first kappa shape index (κ1) is 22.0. The third kappa shape index (κ3) is 4.83. The molecule has 0 aliphatic carbocycles. The molecule has 0 aliphatic rings. The number of hydrogen-bond acceptors (Lipinski definition) is 5. The van der Waals surface area contributed by atoms with Crippen molar-refractivity contribution in [3.63, 3.8) is 0 Å². The number of amides is 1. The highest BCUT2D eigenvalue weighted by molar-refractivity contribution is 6.14. The molecule has 0 radical (unpaired) electrons. The number of carbonyl (C=O) groups is 3. The molecule has 1 heterocycles. The van der Waals surface area contributed by atoms with Crippen molar-refractivity contribution in [2.45, 2.75) is 6.04 Å². The van der Waals surface area contributed by atoms with Gasteiger partial charge in [0.1, 0.15) is 0 Å². The lowest BCUT2D eigenvalue weighted by atomic mass is 10.0. The van der Waals surface area contributed by atoms with Gasteiger partial charge in [0.15, 0.2) is 12.6 Å². The largest absolute Gasteiger partial charge is 0.456 e. The van der Waals surface area contributed by atoms with Crippen LogP contribution in [-0.4, -0.2) is 47.0 Å². The molecule has 1 unspecified atom stereocenters. The van der Waals surface area contributed by atoms with Gasteiger partial charge in [-0.1, -0.05) is 66.7 Å². The standard InChI is InChI=1S/C26H22N2O5/c29-15-21(28-25(31)18-11-5-2-6-12-18)26(32)33-16-22(30)23-19-13-7-8-14-20(19)27-24(23)17-9-3-1-4-10-17/h1-14,21,27,29H,15-16H2,(H,28,31). The normalized spacial score (nSPS) is 11.7. The Balaban J connectivity index is 1.50. The van der Waals surface area contributed by atoms with E-state index in [0.29, 0.717) is 22.2 Å². The number of esters is 1. The number of fused-ring (bicyclic) bond motifs is 1. The average Bonchev–Trinajstić information content (AvgIpc) is 3.26. The first-order valence-electron chi connectivity index (χ1n) is 10.4. The smallest absolute Gasteiger partial charge is 0.331 e. The average molecular weight is 442 g/mol. The lowest BCUT2D eigenvalue weighted by molar-refractivity contribution is -0.145. The number of nitrogens with one attached hydrogen (secondary N) is 2. The molecule has 0 aliphatic heterocycles. The molecule has 0 saturated carbocycles. The number of aromatic nitrogens is 1. The van der Waals surface area contributed by atoms with Crippen molar-refractivity contribution in [1.29, 1.82) is 0 Å². The summed E-state index contributed by atoms with van der Waals surface area (Å²) in [5.41, 5.74) is 3.00. The fraction of sp³-hybridized carbons (Fsp3) is 0.115. The molecular weight excluding hydrogens is 420 g/mol. The first-order chi connectivity index (χ1) is 16.1. The minimum absolute atomic E-state index is 0.339. The highest BCUT2D eigenvalue weighted by atomic mass is 16.5. The molecule has 0 bridgehead atoms. The maximum atomic E-state index is 13.1. The zero-order valence-electron chi connectivity index (χ0n) is 17.7. The van der Waals surface area contributed by atoms with Gasteiger partial charge in [-0.15, -0.1) is 0 Å². The molecule has 7 heteroatoms. The number of carbonyl (C=O) groups excluding carboxylic acids is 3. The molecule has 0 fully saturated rings. The molecule has 3 N–H and O–H groups in total. The Morgan fingerprint density at radius 2 is 1.52 bits per heavy atom. The zero-order valence-corrected chi connectivity index (χ0v) is 17.7. The minimum Gasteiger partial charge on any atom is -0.456 e. The van der Waals surface area contributed by atoms with Crippen LogP contribution >= 0.6 is 0 Å². The summed E-state index contributed by atoms with van der Waals surface area (Å²) in [6.07, 6.45) is 0. The molecule has 4 aromatic rings. The maximum absolute atomic E-state index is 13.1. The molecule has 0 spiro atoms. The van der Waals surface area contributed by atoms with Crippen LogP contribution in [0.1, 0.15) is 20.7 Å². The maximum Gasteiger partial charge on any atom is 0.331 e. The molecule has 0 saturated heterocycles. The highest BCUT2D eigenvalue weighted by Gasteiger charge is 2.25. The summed E-state index contributed by atoms with van der Waals surface area (Å²) in [5, 5.41) is 12.7. The van der Waals surface area contributed by atoms with Crippen molar-refractivity contribution < 1.29 is 24.2 Å². The number of aromatic amines is 1. The lowest BCUT2D eigenvalue weighted by Crippen LogP contribution is -2.44. The van der Waals surface area contributed by atoms with Crippen LogP contribution in [0.4, 0.5) is 0 Å². The first-order valence-corrected chi connectivity index (χ1v) is 10.4. The second-order valence-corrected chi connectivity index (χ2v) is 7.39. The fourth-order valence-electron chi connectivity index (χ4n) is 3.57. The highest BCUT2D eigenvalue weighted by Crippen LogP contribution is 2.30. The number of hydrogen-bond donors (Lipinski definition) is 3. The van der Waals surface area contributed by atoms with Gasteiger partial charge in [-0.25, -0.2) is 4.79 Å². The van der Waals surface area contributed by atoms with Crippen LogP contribution in [0.2, 0.25) is 0 Å². The van der Waals surface area contributed by atoms with Gasteiger partial charge in [-0.2, -0.15) is 0 Å². The summed E-state index contributed by atoms with van der Waals surface area (Å²) in [6, 6.07) is 23.8. The van der Waals surface area contributed by atoms with Gasteiger partial charge in [-0.3, -0.25) is 9.59 Å². The van der Waals surface area contributed by atoms with Gasteiger partial charge in [0.2, 0.25) is 5.78 Å². The molecule has 4 rings (SSSR count). The van der Waals surface area contributed by atoms with E-state index >= 15 is 0 Å². The Labute approximate surface area is 190 Å². The molecule has 1 amide bonds. The summed E-state index contributed by atoms with van der Waals surface area (Å²) in [6.45, 7) is -1.19. The van der Waals surface area contributed by atoms with E-state index in [1.54, 1.807) is 30.3 Å². The zero-order chi connectivity index (χ0) is 23.2. The van der Waals surface area contributed by atoms with E-state index in [9.17, 15) is 19.5 Å². The summed E-state index contributed by atoms with van der Waals surface area (Å²) in [7, 11) is 0.